The van der Waals surface area contributed by atoms with Crippen molar-refractivity contribution in [3.63, 3.8) is 0 Å². The third-order valence-electron chi connectivity index (χ3n) is 4.37. The first-order valence-electron chi connectivity index (χ1n) is 8.79. The first kappa shape index (κ1) is 18.7. The van der Waals surface area contributed by atoms with Crippen LogP contribution in [-0.2, 0) is 0 Å². The highest BCUT2D eigenvalue weighted by Gasteiger charge is 2.19. The summed E-state index contributed by atoms with van der Waals surface area (Å²) in [5, 5.41) is 3.37. The Hall–Kier alpha value is -1.62. The van der Waals surface area contributed by atoms with Crippen molar-refractivity contribution in [1.29, 1.82) is 0 Å². The molecule has 24 heavy (non-hydrogen) atoms. The van der Waals surface area contributed by atoms with Crippen LogP contribution < -0.4 is 10.1 Å². The van der Waals surface area contributed by atoms with Gasteiger partial charge in [-0.25, -0.2) is 0 Å². The summed E-state index contributed by atoms with van der Waals surface area (Å²) in [6.45, 7) is 9.13. The Morgan fingerprint density at radius 1 is 1.29 bits per heavy atom. The van der Waals surface area contributed by atoms with Gasteiger partial charge in [-0.1, -0.05) is 20.8 Å². The van der Waals surface area contributed by atoms with Crippen molar-refractivity contribution in [2.24, 2.45) is 11.8 Å². The van der Waals surface area contributed by atoms with Crippen molar-refractivity contribution in [2.45, 2.75) is 40.0 Å². The third-order valence-corrected chi connectivity index (χ3v) is 4.73. The van der Waals surface area contributed by atoms with Crippen molar-refractivity contribution < 1.29 is 9.53 Å². The fraction of sp³-hybridized carbons (Fsp3) is 0.579. The average Bonchev–Trinajstić information content (AvgIpc) is 2.55. The minimum Gasteiger partial charge on any atom is -0.494 e. The highest BCUT2D eigenvalue weighted by atomic mass is 32.1. The van der Waals surface area contributed by atoms with E-state index in [1.807, 2.05) is 12.1 Å². The Morgan fingerprint density at radius 2 is 1.92 bits per heavy atom. The lowest BCUT2D eigenvalue weighted by molar-refractivity contribution is 0.0972. The largest absolute Gasteiger partial charge is 0.494 e. The lowest BCUT2D eigenvalue weighted by atomic mass is 10.00. The van der Waals surface area contributed by atoms with Crippen LogP contribution in [0.5, 0.6) is 5.75 Å². The van der Waals surface area contributed by atoms with Crippen LogP contribution in [0.15, 0.2) is 24.3 Å². The monoisotopic (exact) mass is 348 g/mol. The maximum Gasteiger partial charge on any atom is 0.257 e. The van der Waals surface area contributed by atoms with E-state index < -0.39 is 0 Å². The Balaban J connectivity index is 1.82. The van der Waals surface area contributed by atoms with Gasteiger partial charge in [0.15, 0.2) is 5.11 Å². The minimum absolute atomic E-state index is 0.160. The SMILES string of the molecule is CC(C)CCOc1ccc(C(=O)NC(=S)N2CCC(C)CC2)cc1. The second kappa shape index (κ2) is 9.02. The number of amides is 1. The molecule has 4 nitrogen and oxygen atoms in total. The number of carbonyl (C=O) groups excluding carboxylic acids is 1. The Labute approximate surface area is 150 Å². The smallest absolute Gasteiger partial charge is 0.257 e. The van der Waals surface area contributed by atoms with E-state index >= 15 is 0 Å². The molecule has 0 atom stereocenters. The molecule has 0 saturated carbocycles. The molecule has 1 fully saturated rings. The summed E-state index contributed by atoms with van der Waals surface area (Å²) in [7, 11) is 0. The minimum atomic E-state index is -0.160. The quantitative estimate of drug-likeness (QED) is 0.821. The molecule has 1 aromatic rings. The zero-order valence-corrected chi connectivity index (χ0v) is 15.7. The van der Waals surface area contributed by atoms with Crippen LogP contribution in [0.3, 0.4) is 0 Å². The number of nitrogens with one attached hydrogen (secondary N) is 1. The molecule has 2 rings (SSSR count). The second-order valence-electron chi connectivity index (χ2n) is 6.98. The van der Waals surface area contributed by atoms with Gasteiger partial charge in [0.05, 0.1) is 6.61 Å². The van der Waals surface area contributed by atoms with Gasteiger partial charge in [0.1, 0.15) is 5.75 Å². The molecular formula is C19H28N2O2S. The fourth-order valence-corrected chi connectivity index (χ4v) is 2.85. The number of thiocarbonyl (C=S) groups is 1. The molecule has 1 aromatic carbocycles. The Bertz CT molecular complexity index is 549. The molecule has 1 aliphatic rings. The number of ether oxygens (including phenoxy) is 1. The molecule has 0 aromatic heterocycles. The highest BCUT2D eigenvalue weighted by Crippen LogP contribution is 2.16. The Morgan fingerprint density at radius 3 is 2.50 bits per heavy atom. The molecule has 132 valence electrons. The normalized spacial score (nSPS) is 15.4. The number of hydrogen-bond acceptors (Lipinski definition) is 3. The van der Waals surface area contributed by atoms with Crippen LogP contribution in [0.25, 0.3) is 0 Å². The number of carbonyl (C=O) groups is 1. The summed E-state index contributed by atoms with van der Waals surface area (Å²) >= 11 is 5.37. The van der Waals surface area contributed by atoms with Gasteiger partial charge in [-0.15, -0.1) is 0 Å². The van der Waals surface area contributed by atoms with Gasteiger partial charge in [-0.3, -0.25) is 10.1 Å². The van der Waals surface area contributed by atoms with Crippen molar-refractivity contribution >= 4 is 23.2 Å². The predicted molar refractivity (Wildman–Crippen MR) is 101 cm³/mol. The van der Waals surface area contributed by atoms with E-state index in [4.69, 9.17) is 17.0 Å². The molecule has 0 bridgehead atoms. The molecule has 1 N–H and O–H groups in total. The van der Waals surface area contributed by atoms with Crippen LogP contribution in [0.2, 0.25) is 0 Å². The van der Waals surface area contributed by atoms with Crippen LogP contribution in [0, 0.1) is 11.8 Å². The van der Waals surface area contributed by atoms with E-state index in [2.05, 4.69) is 31.0 Å². The van der Waals surface area contributed by atoms with Crippen LogP contribution in [-0.4, -0.2) is 35.6 Å². The molecule has 1 heterocycles. The molecule has 0 spiro atoms. The summed E-state index contributed by atoms with van der Waals surface area (Å²) in [4.78, 5) is 14.4. The lowest BCUT2D eigenvalue weighted by Gasteiger charge is -2.32. The number of likely N-dealkylation sites (tertiary alicyclic amines) is 1. The molecule has 1 amide bonds. The number of rotatable bonds is 5. The maximum absolute atomic E-state index is 12.3. The van der Waals surface area contributed by atoms with Gasteiger partial charge in [-0.2, -0.15) is 0 Å². The molecule has 0 aliphatic carbocycles. The van der Waals surface area contributed by atoms with Crippen LogP contribution >= 0.6 is 12.2 Å². The van der Waals surface area contributed by atoms with Gasteiger partial charge in [0.25, 0.3) is 5.91 Å². The van der Waals surface area contributed by atoms with Gasteiger partial charge in [0.2, 0.25) is 0 Å². The first-order chi connectivity index (χ1) is 11.5. The third kappa shape index (κ3) is 5.78. The first-order valence-corrected chi connectivity index (χ1v) is 9.19. The van der Waals surface area contributed by atoms with E-state index in [0.717, 1.165) is 44.0 Å². The van der Waals surface area contributed by atoms with Crippen molar-refractivity contribution in [3.05, 3.63) is 29.8 Å². The van der Waals surface area contributed by atoms with Gasteiger partial charge >= 0.3 is 0 Å². The van der Waals surface area contributed by atoms with Gasteiger partial charge < -0.3 is 9.64 Å². The number of nitrogens with zero attached hydrogens (tertiary/aromatic N) is 1. The Kier molecular flexibility index (Phi) is 7.03. The zero-order chi connectivity index (χ0) is 17.5. The number of benzene rings is 1. The predicted octanol–water partition coefficient (Wildman–Crippen LogP) is 3.86. The summed E-state index contributed by atoms with van der Waals surface area (Å²) in [6, 6.07) is 7.23. The molecule has 0 unspecified atom stereocenters. The zero-order valence-electron chi connectivity index (χ0n) is 14.9. The van der Waals surface area contributed by atoms with Crippen LogP contribution in [0.4, 0.5) is 0 Å². The second-order valence-corrected chi connectivity index (χ2v) is 7.37. The summed E-state index contributed by atoms with van der Waals surface area (Å²) in [5.74, 6) is 1.99. The van der Waals surface area contributed by atoms with Crippen molar-refractivity contribution in [1.82, 2.24) is 10.2 Å². The molecule has 0 radical (unpaired) electrons. The van der Waals surface area contributed by atoms with E-state index in [1.54, 1.807) is 12.1 Å². The molecule has 5 heteroatoms. The number of piperidine rings is 1. The maximum atomic E-state index is 12.3. The average molecular weight is 349 g/mol. The van der Waals surface area contributed by atoms with E-state index in [1.165, 1.54) is 0 Å². The van der Waals surface area contributed by atoms with Crippen molar-refractivity contribution in [2.75, 3.05) is 19.7 Å². The van der Waals surface area contributed by atoms with E-state index in [0.29, 0.717) is 23.2 Å². The molecular weight excluding hydrogens is 320 g/mol. The molecule has 1 aliphatic heterocycles. The van der Waals surface area contributed by atoms with Gasteiger partial charge in [-0.05, 0) is 67.6 Å². The fourth-order valence-electron chi connectivity index (χ4n) is 2.58. The molecule has 1 saturated heterocycles. The van der Waals surface area contributed by atoms with Crippen LogP contribution in [0.1, 0.15) is 50.4 Å². The van der Waals surface area contributed by atoms with Gasteiger partial charge in [0, 0.05) is 18.7 Å². The topological polar surface area (TPSA) is 41.6 Å². The van der Waals surface area contributed by atoms with Crippen molar-refractivity contribution in [3.8, 4) is 5.75 Å². The summed E-state index contributed by atoms with van der Waals surface area (Å²) in [6.07, 6.45) is 3.27. The lowest BCUT2D eigenvalue weighted by Crippen LogP contribution is -2.46. The number of hydrogen-bond donors (Lipinski definition) is 1. The standard InChI is InChI=1S/C19H28N2O2S/c1-14(2)10-13-23-17-6-4-16(5-7-17)18(22)20-19(24)21-11-8-15(3)9-12-21/h4-7,14-15H,8-13H2,1-3H3,(H,20,22,24). The van der Waals surface area contributed by atoms with E-state index in [9.17, 15) is 4.79 Å². The summed E-state index contributed by atoms with van der Waals surface area (Å²) < 4.78 is 5.67. The van der Waals surface area contributed by atoms with E-state index in [-0.39, 0.29) is 5.91 Å². The summed E-state index contributed by atoms with van der Waals surface area (Å²) in [5.41, 5.74) is 0.596. The highest BCUT2D eigenvalue weighted by molar-refractivity contribution is 7.80.